The predicted molar refractivity (Wildman–Crippen MR) is 90.5 cm³/mol. The van der Waals surface area contributed by atoms with Crippen LogP contribution in [-0.2, 0) is 0 Å². The normalized spacial score (nSPS) is 15.8. The van der Waals surface area contributed by atoms with Crippen LogP contribution in [0.1, 0.15) is 44.6 Å². The van der Waals surface area contributed by atoms with Gasteiger partial charge >= 0.3 is 0 Å². The van der Waals surface area contributed by atoms with Crippen LogP contribution in [0.25, 0.3) is 0 Å². The second-order valence-electron chi connectivity index (χ2n) is 5.97. The maximum absolute atomic E-state index is 6.07. The summed E-state index contributed by atoms with van der Waals surface area (Å²) in [6, 6.07) is 6.57. The molecule has 0 radical (unpaired) electrons. The SMILES string of the molecule is CCCCCCOc1ccc(C)cc1N1CCCNCC1. The average molecular weight is 290 g/mol. The van der Waals surface area contributed by atoms with E-state index in [-0.39, 0.29) is 0 Å². The highest BCUT2D eigenvalue weighted by atomic mass is 16.5. The Bertz CT molecular complexity index is 412. The van der Waals surface area contributed by atoms with E-state index in [1.165, 1.54) is 36.9 Å². The molecule has 1 fully saturated rings. The number of benzene rings is 1. The van der Waals surface area contributed by atoms with Crippen LogP contribution in [-0.4, -0.2) is 32.8 Å². The number of nitrogens with zero attached hydrogens (tertiary/aromatic N) is 1. The van der Waals surface area contributed by atoms with Crippen LogP contribution in [0.15, 0.2) is 18.2 Å². The Labute approximate surface area is 129 Å². The van der Waals surface area contributed by atoms with Gasteiger partial charge in [0, 0.05) is 19.6 Å². The number of anilines is 1. The first-order chi connectivity index (χ1) is 10.3. The summed E-state index contributed by atoms with van der Waals surface area (Å²) in [5.74, 6) is 1.05. The molecule has 0 atom stereocenters. The van der Waals surface area contributed by atoms with Gasteiger partial charge in [-0.15, -0.1) is 0 Å². The topological polar surface area (TPSA) is 24.5 Å². The number of ether oxygens (including phenoxy) is 1. The Kier molecular flexibility index (Phi) is 6.87. The summed E-state index contributed by atoms with van der Waals surface area (Å²) < 4.78 is 6.07. The number of rotatable bonds is 7. The van der Waals surface area contributed by atoms with E-state index < -0.39 is 0 Å². The zero-order valence-electron chi connectivity index (χ0n) is 13.7. The van der Waals surface area contributed by atoms with E-state index in [4.69, 9.17) is 4.74 Å². The van der Waals surface area contributed by atoms with Gasteiger partial charge in [0.05, 0.1) is 12.3 Å². The molecule has 3 heteroatoms. The molecule has 118 valence electrons. The van der Waals surface area contributed by atoms with Crippen LogP contribution in [0, 0.1) is 6.92 Å². The molecule has 1 saturated heterocycles. The van der Waals surface area contributed by atoms with E-state index in [0.29, 0.717) is 0 Å². The maximum atomic E-state index is 6.07. The van der Waals surface area contributed by atoms with E-state index in [0.717, 1.165) is 45.0 Å². The zero-order valence-corrected chi connectivity index (χ0v) is 13.7. The van der Waals surface area contributed by atoms with Crippen LogP contribution >= 0.6 is 0 Å². The maximum Gasteiger partial charge on any atom is 0.142 e. The summed E-state index contributed by atoms with van der Waals surface area (Å²) in [5, 5.41) is 3.46. The highest BCUT2D eigenvalue weighted by Gasteiger charge is 2.14. The molecule has 1 aromatic rings. The van der Waals surface area contributed by atoms with E-state index in [2.05, 4.69) is 42.3 Å². The van der Waals surface area contributed by atoms with Gasteiger partial charge < -0.3 is 15.0 Å². The van der Waals surface area contributed by atoms with Crippen LogP contribution < -0.4 is 15.0 Å². The van der Waals surface area contributed by atoms with Crippen LogP contribution in [0.4, 0.5) is 5.69 Å². The second-order valence-corrected chi connectivity index (χ2v) is 5.97. The van der Waals surface area contributed by atoms with Gasteiger partial charge in [-0.05, 0) is 44.0 Å². The summed E-state index contributed by atoms with van der Waals surface area (Å²) in [6.07, 6.45) is 6.20. The molecule has 21 heavy (non-hydrogen) atoms. The number of nitrogens with one attached hydrogen (secondary N) is 1. The molecule has 1 N–H and O–H groups in total. The Morgan fingerprint density at radius 1 is 1.14 bits per heavy atom. The molecule has 1 heterocycles. The van der Waals surface area contributed by atoms with Crippen molar-refractivity contribution in [1.82, 2.24) is 5.32 Å². The molecule has 0 amide bonds. The minimum absolute atomic E-state index is 0.835. The standard InChI is InChI=1S/C18H30N2O/c1-3-4-5-6-14-21-18-9-8-16(2)15-17(18)20-12-7-10-19-11-13-20/h8-9,15,19H,3-7,10-14H2,1-2H3. The largest absolute Gasteiger partial charge is 0.491 e. The van der Waals surface area contributed by atoms with Crippen molar-refractivity contribution in [2.75, 3.05) is 37.7 Å². The monoisotopic (exact) mass is 290 g/mol. The predicted octanol–water partition coefficient (Wildman–Crippen LogP) is 3.75. The lowest BCUT2D eigenvalue weighted by molar-refractivity contribution is 0.305. The molecule has 0 bridgehead atoms. The fraction of sp³-hybridized carbons (Fsp3) is 0.667. The van der Waals surface area contributed by atoms with Crippen molar-refractivity contribution < 1.29 is 4.74 Å². The average Bonchev–Trinajstić information content (AvgIpc) is 2.77. The number of aryl methyl sites for hydroxylation is 1. The van der Waals surface area contributed by atoms with Crippen molar-refractivity contribution in [2.45, 2.75) is 46.0 Å². The summed E-state index contributed by atoms with van der Waals surface area (Å²) in [7, 11) is 0. The lowest BCUT2D eigenvalue weighted by atomic mass is 10.1. The van der Waals surface area contributed by atoms with Gasteiger partial charge in [0.2, 0.25) is 0 Å². The van der Waals surface area contributed by atoms with Gasteiger partial charge in [-0.2, -0.15) is 0 Å². The lowest BCUT2D eigenvalue weighted by Gasteiger charge is -2.25. The molecular weight excluding hydrogens is 260 g/mol. The van der Waals surface area contributed by atoms with Crippen molar-refractivity contribution in [3.05, 3.63) is 23.8 Å². The molecular formula is C18H30N2O. The Balaban J connectivity index is 1.98. The quantitative estimate of drug-likeness (QED) is 0.774. The van der Waals surface area contributed by atoms with E-state index in [1.54, 1.807) is 0 Å². The van der Waals surface area contributed by atoms with Gasteiger partial charge in [-0.1, -0.05) is 32.3 Å². The molecule has 0 spiro atoms. The Morgan fingerprint density at radius 2 is 2.05 bits per heavy atom. The summed E-state index contributed by atoms with van der Waals surface area (Å²) in [5.41, 5.74) is 2.58. The summed E-state index contributed by atoms with van der Waals surface area (Å²) in [4.78, 5) is 2.47. The fourth-order valence-electron chi connectivity index (χ4n) is 2.79. The molecule has 1 aliphatic heterocycles. The minimum atomic E-state index is 0.835. The smallest absolute Gasteiger partial charge is 0.142 e. The molecule has 1 aliphatic rings. The van der Waals surface area contributed by atoms with E-state index >= 15 is 0 Å². The van der Waals surface area contributed by atoms with Crippen molar-refractivity contribution in [1.29, 1.82) is 0 Å². The zero-order chi connectivity index (χ0) is 14.9. The van der Waals surface area contributed by atoms with Crippen LogP contribution in [0.5, 0.6) is 5.75 Å². The van der Waals surface area contributed by atoms with E-state index in [1.807, 2.05) is 0 Å². The van der Waals surface area contributed by atoms with Gasteiger partial charge in [-0.25, -0.2) is 0 Å². The van der Waals surface area contributed by atoms with Gasteiger partial charge in [0.25, 0.3) is 0 Å². The lowest BCUT2D eigenvalue weighted by Crippen LogP contribution is -2.28. The number of hydrogen-bond donors (Lipinski definition) is 1. The first-order valence-corrected chi connectivity index (χ1v) is 8.50. The first kappa shape index (κ1) is 16.2. The first-order valence-electron chi connectivity index (χ1n) is 8.50. The molecule has 1 aromatic carbocycles. The second kappa shape index (κ2) is 8.93. The third-order valence-electron chi connectivity index (χ3n) is 4.05. The van der Waals surface area contributed by atoms with Gasteiger partial charge in [0.15, 0.2) is 0 Å². The molecule has 2 rings (SSSR count). The van der Waals surface area contributed by atoms with Crippen molar-refractivity contribution in [3.63, 3.8) is 0 Å². The number of hydrogen-bond acceptors (Lipinski definition) is 3. The molecule has 0 aliphatic carbocycles. The highest BCUT2D eigenvalue weighted by Crippen LogP contribution is 2.30. The highest BCUT2D eigenvalue weighted by molar-refractivity contribution is 5.60. The van der Waals surface area contributed by atoms with E-state index in [9.17, 15) is 0 Å². The third kappa shape index (κ3) is 5.24. The Morgan fingerprint density at radius 3 is 2.90 bits per heavy atom. The third-order valence-corrected chi connectivity index (χ3v) is 4.05. The van der Waals surface area contributed by atoms with Gasteiger partial charge in [0.1, 0.15) is 5.75 Å². The van der Waals surface area contributed by atoms with Crippen molar-refractivity contribution >= 4 is 5.69 Å². The fourth-order valence-corrected chi connectivity index (χ4v) is 2.79. The number of unbranched alkanes of at least 4 members (excludes halogenated alkanes) is 3. The van der Waals surface area contributed by atoms with Crippen molar-refractivity contribution in [3.8, 4) is 5.75 Å². The van der Waals surface area contributed by atoms with Crippen molar-refractivity contribution in [2.24, 2.45) is 0 Å². The molecule has 0 saturated carbocycles. The summed E-state index contributed by atoms with van der Waals surface area (Å²) in [6.45, 7) is 9.59. The molecule has 3 nitrogen and oxygen atoms in total. The van der Waals surface area contributed by atoms with Gasteiger partial charge in [-0.3, -0.25) is 0 Å². The van der Waals surface area contributed by atoms with Crippen LogP contribution in [0.3, 0.4) is 0 Å². The summed E-state index contributed by atoms with van der Waals surface area (Å²) >= 11 is 0. The molecule has 0 unspecified atom stereocenters. The van der Waals surface area contributed by atoms with Crippen LogP contribution in [0.2, 0.25) is 0 Å². The minimum Gasteiger partial charge on any atom is -0.491 e. The molecule has 0 aromatic heterocycles. The Hall–Kier alpha value is -1.22.